The molecule has 1 amide bonds. The predicted octanol–water partition coefficient (Wildman–Crippen LogP) is 5.79. The van der Waals surface area contributed by atoms with Gasteiger partial charge in [-0.2, -0.15) is 5.10 Å². The zero-order chi connectivity index (χ0) is 18.1. The number of fused-ring (bicyclic) bond motifs is 1. The molecule has 2 N–H and O–H groups in total. The van der Waals surface area contributed by atoms with Gasteiger partial charge in [-0.25, -0.2) is 0 Å². The molecule has 1 heterocycles. The van der Waals surface area contributed by atoms with Crippen molar-refractivity contribution in [3.63, 3.8) is 0 Å². The summed E-state index contributed by atoms with van der Waals surface area (Å²) in [6.07, 6.45) is 0. The van der Waals surface area contributed by atoms with Crippen LogP contribution in [0.1, 0.15) is 10.5 Å². The molecule has 128 valence electrons. The van der Waals surface area contributed by atoms with Crippen LogP contribution < -0.4 is 5.32 Å². The van der Waals surface area contributed by atoms with E-state index in [9.17, 15) is 4.79 Å². The van der Waals surface area contributed by atoms with Crippen LogP contribution in [0.15, 0.2) is 66.7 Å². The number of rotatable bonds is 3. The molecule has 4 aromatic rings. The molecule has 4 nitrogen and oxygen atoms in total. The minimum absolute atomic E-state index is 0.303. The number of benzene rings is 3. The first kappa shape index (κ1) is 16.6. The van der Waals surface area contributed by atoms with Crippen LogP contribution in [0, 0.1) is 0 Å². The summed E-state index contributed by atoms with van der Waals surface area (Å²) < 4.78 is 0. The number of carbonyl (C=O) groups excluding carboxylic acids is 1. The molecular formula is C20H13Cl2N3O. The van der Waals surface area contributed by atoms with Gasteiger partial charge in [0.1, 0.15) is 5.69 Å². The van der Waals surface area contributed by atoms with Crippen molar-refractivity contribution >= 4 is 45.6 Å². The highest BCUT2D eigenvalue weighted by Gasteiger charge is 2.13. The number of carbonyl (C=O) groups is 1. The number of anilines is 1. The Hall–Kier alpha value is -2.82. The second kappa shape index (κ2) is 6.83. The van der Waals surface area contributed by atoms with Crippen molar-refractivity contribution in [2.24, 2.45) is 0 Å². The summed E-state index contributed by atoms with van der Waals surface area (Å²) in [5.41, 5.74) is 2.60. The molecule has 26 heavy (non-hydrogen) atoms. The second-order valence-electron chi connectivity index (χ2n) is 5.78. The zero-order valence-electron chi connectivity index (χ0n) is 13.5. The number of H-pyrrole nitrogens is 1. The van der Waals surface area contributed by atoms with Gasteiger partial charge in [0, 0.05) is 11.3 Å². The van der Waals surface area contributed by atoms with E-state index in [0.717, 1.165) is 16.3 Å². The van der Waals surface area contributed by atoms with Gasteiger partial charge in [-0.15, -0.1) is 0 Å². The van der Waals surface area contributed by atoms with E-state index in [1.807, 2.05) is 42.5 Å². The van der Waals surface area contributed by atoms with E-state index in [1.165, 1.54) is 0 Å². The van der Waals surface area contributed by atoms with Gasteiger partial charge in [0.15, 0.2) is 0 Å². The van der Waals surface area contributed by atoms with Crippen LogP contribution in [0.25, 0.3) is 22.0 Å². The number of halogens is 2. The fourth-order valence-corrected chi connectivity index (χ4v) is 3.10. The molecule has 0 saturated carbocycles. The van der Waals surface area contributed by atoms with Crippen molar-refractivity contribution in [3.8, 4) is 11.3 Å². The Morgan fingerprint density at radius 2 is 1.73 bits per heavy atom. The normalized spacial score (nSPS) is 10.8. The van der Waals surface area contributed by atoms with E-state index in [4.69, 9.17) is 23.2 Å². The van der Waals surface area contributed by atoms with Gasteiger partial charge in [0.25, 0.3) is 5.91 Å². The molecule has 0 spiro atoms. The molecule has 0 unspecified atom stereocenters. The molecule has 0 saturated heterocycles. The fourth-order valence-electron chi connectivity index (χ4n) is 2.80. The van der Waals surface area contributed by atoms with E-state index in [1.54, 1.807) is 24.3 Å². The second-order valence-corrected chi connectivity index (χ2v) is 6.59. The highest BCUT2D eigenvalue weighted by molar-refractivity contribution is 6.42. The van der Waals surface area contributed by atoms with Gasteiger partial charge < -0.3 is 5.32 Å². The molecule has 4 rings (SSSR count). The number of aromatic amines is 1. The molecule has 0 aliphatic rings. The molecule has 0 aliphatic carbocycles. The summed E-state index contributed by atoms with van der Waals surface area (Å²) >= 11 is 11.9. The Balaban J connectivity index is 1.63. The average Bonchev–Trinajstić information content (AvgIpc) is 3.14. The maximum atomic E-state index is 12.5. The fraction of sp³-hybridized carbons (Fsp3) is 0. The topological polar surface area (TPSA) is 57.8 Å². The highest BCUT2D eigenvalue weighted by Crippen LogP contribution is 2.28. The lowest BCUT2D eigenvalue weighted by molar-refractivity contribution is 0.102. The largest absolute Gasteiger partial charge is 0.321 e. The van der Waals surface area contributed by atoms with Crippen LogP contribution in [-0.4, -0.2) is 16.1 Å². The van der Waals surface area contributed by atoms with Crippen LogP contribution in [-0.2, 0) is 0 Å². The van der Waals surface area contributed by atoms with Gasteiger partial charge in [-0.3, -0.25) is 9.89 Å². The summed E-state index contributed by atoms with van der Waals surface area (Å²) in [5, 5.41) is 12.9. The summed E-state index contributed by atoms with van der Waals surface area (Å²) in [6, 6.07) is 20.7. The molecular weight excluding hydrogens is 369 g/mol. The summed E-state index contributed by atoms with van der Waals surface area (Å²) in [4.78, 5) is 12.5. The van der Waals surface area contributed by atoms with Gasteiger partial charge in [0.05, 0.1) is 15.7 Å². The van der Waals surface area contributed by atoms with Crippen molar-refractivity contribution in [2.75, 3.05) is 5.32 Å². The van der Waals surface area contributed by atoms with Crippen LogP contribution in [0.2, 0.25) is 10.0 Å². The number of nitrogens with one attached hydrogen (secondary N) is 2. The van der Waals surface area contributed by atoms with Crippen molar-refractivity contribution in [3.05, 3.63) is 82.5 Å². The molecule has 0 aliphatic heterocycles. The molecule has 3 aromatic carbocycles. The average molecular weight is 382 g/mol. The van der Waals surface area contributed by atoms with Crippen LogP contribution in [0.3, 0.4) is 0 Å². The lowest BCUT2D eigenvalue weighted by Gasteiger charge is -2.04. The first-order chi connectivity index (χ1) is 12.6. The maximum absolute atomic E-state index is 12.5. The third-order valence-corrected chi connectivity index (χ3v) is 4.80. The van der Waals surface area contributed by atoms with Crippen LogP contribution in [0.5, 0.6) is 0 Å². The summed E-state index contributed by atoms with van der Waals surface area (Å²) in [7, 11) is 0. The minimum Gasteiger partial charge on any atom is -0.321 e. The van der Waals surface area contributed by atoms with Gasteiger partial charge in [-0.05, 0) is 35.0 Å². The Bertz CT molecular complexity index is 1120. The van der Waals surface area contributed by atoms with Crippen molar-refractivity contribution in [1.82, 2.24) is 10.2 Å². The number of nitrogens with zero attached hydrogens (tertiary/aromatic N) is 1. The van der Waals surface area contributed by atoms with E-state index in [0.29, 0.717) is 27.1 Å². The Kier molecular flexibility index (Phi) is 4.37. The zero-order valence-corrected chi connectivity index (χ0v) is 15.0. The number of hydrogen-bond acceptors (Lipinski definition) is 2. The van der Waals surface area contributed by atoms with Gasteiger partial charge in [-0.1, -0.05) is 65.7 Å². The number of hydrogen-bond donors (Lipinski definition) is 2. The first-order valence-corrected chi connectivity index (χ1v) is 8.67. The van der Waals surface area contributed by atoms with Crippen molar-refractivity contribution in [1.29, 1.82) is 0 Å². The molecule has 0 bridgehead atoms. The molecule has 0 atom stereocenters. The standard InChI is InChI=1S/C20H13Cl2N3O/c21-16-9-8-13(10-17(16)22)23-20(26)19-11-18(24-25-19)15-7-3-5-12-4-1-2-6-14(12)15/h1-11H,(H,23,26)(H,24,25). The SMILES string of the molecule is O=C(Nc1ccc(Cl)c(Cl)c1)c1cc(-c2cccc3ccccc23)n[nH]1. The molecule has 0 radical (unpaired) electrons. The third-order valence-electron chi connectivity index (χ3n) is 4.07. The Morgan fingerprint density at radius 1 is 0.923 bits per heavy atom. The predicted molar refractivity (Wildman–Crippen MR) is 106 cm³/mol. The van der Waals surface area contributed by atoms with E-state index in [2.05, 4.69) is 15.5 Å². The lowest BCUT2D eigenvalue weighted by atomic mass is 10.0. The van der Waals surface area contributed by atoms with Crippen LogP contribution >= 0.6 is 23.2 Å². The number of amides is 1. The summed E-state index contributed by atoms with van der Waals surface area (Å²) in [5.74, 6) is -0.303. The Morgan fingerprint density at radius 3 is 2.58 bits per heavy atom. The highest BCUT2D eigenvalue weighted by atomic mass is 35.5. The molecule has 1 aromatic heterocycles. The van der Waals surface area contributed by atoms with E-state index >= 15 is 0 Å². The first-order valence-electron chi connectivity index (χ1n) is 7.92. The smallest absolute Gasteiger partial charge is 0.273 e. The lowest BCUT2D eigenvalue weighted by Crippen LogP contribution is -2.12. The van der Waals surface area contributed by atoms with E-state index in [-0.39, 0.29) is 5.91 Å². The van der Waals surface area contributed by atoms with E-state index < -0.39 is 0 Å². The minimum atomic E-state index is -0.303. The number of aromatic nitrogens is 2. The summed E-state index contributed by atoms with van der Waals surface area (Å²) in [6.45, 7) is 0. The van der Waals surface area contributed by atoms with Gasteiger partial charge in [0.2, 0.25) is 0 Å². The van der Waals surface area contributed by atoms with Crippen molar-refractivity contribution in [2.45, 2.75) is 0 Å². The molecule has 0 fully saturated rings. The van der Waals surface area contributed by atoms with Crippen molar-refractivity contribution < 1.29 is 4.79 Å². The Labute approximate surface area is 159 Å². The quantitative estimate of drug-likeness (QED) is 0.471. The maximum Gasteiger partial charge on any atom is 0.273 e. The molecule has 6 heteroatoms. The monoisotopic (exact) mass is 381 g/mol. The van der Waals surface area contributed by atoms with Gasteiger partial charge >= 0.3 is 0 Å². The van der Waals surface area contributed by atoms with Crippen LogP contribution in [0.4, 0.5) is 5.69 Å². The third kappa shape index (κ3) is 3.17.